The first-order chi connectivity index (χ1) is 16.4. The van der Waals surface area contributed by atoms with Crippen molar-refractivity contribution in [2.75, 3.05) is 18.4 Å². The van der Waals surface area contributed by atoms with Gasteiger partial charge < -0.3 is 5.32 Å². The van der Waals surface area contributed by atoms with E-state index < -0.39 is 15.9 Å². The van der Waals surface area contributed by atoms with E-state index in [9.17, 15) is 13.2 Å². The second kappa shape index (κ2) is 8.96. The second-order valence-corrected chi connectivity index (χ2v) is 10.4. The van der Waals surface area contributed by atoms with Crippen molar-refractivity contribution >= 4 is 32.4 Å². The van der Waals surface area contributed by atoms with E-state index in [-0.39, 0.29) is 17.3 Å². The van der Waals surface area contributed by atoms with Gasteiger partial charge >= 0.3 is 0 Å². The van der Waals surface area contributed by atoms with E-state index in [2.05, 4.69) is 25.9 Å². The Bertz CT molecular complexity index is 1450. The minimum atomic E-state index is -3.71. The summed E-state index contributed by atoms with van der Waals surface area (Å²) in [6.45, 7) is 2.43. The number of H-pyrrole nitrogens is 1. The molecule has 1 saturated heterocycles. The molecule has 0 saturated carbocycles. The maximum absolute atomic E-state index is 13.4. The number of aryl methyl sites for hydroxylation is 1. The molecule has 2 N–H and O–H groups in total. The van der Waals surface area contributed by atoms with Gasteiger partial charge in [-0.3, -0.25) is 4.79 Å². The highest BCUT2D eigenvalue weighted by molar-refractivity contribution is 7.89. The van der Waals surface area contributed by atoms with E-state index in [1.54, 1.807) is 18.2 Å². The number of carbonyl (C=O) groups is 1. The lowest BCUT2D eigenvalue weighted by atomic mass is 9.98. The van der Waals surface area contributed by atoms with Gasteiger partial charge in [0.1, 0.15) is 0 Å². The molecule has 0 aliphatic carbocycles. The average Bonchev–Trinajstić information content (AvgIpc) is 3.40. The lowest BCUT2D eigenvalue weighted by molar-refractivity contribution is -0.120. The number of carbonyl (C=O) groups excluding carboxylic acids is 1. The van der Waals surface area contributed by atoms with Crippen molar-refractivity contribution in [3.8, 4) is 11.4 Å². The largest absolute Gasteiger partial charge is 0.326 e. The van der Waals surface area contributed by atoms with Gasteiger partial charge in [0.15, 0.2) is 0 Å². The van der Waals surface area contributed by atoms with Gasteiger partial charge in [0, 0.05) is 24.3 Å². The lowest BCUT2D eigenvalue weighted by Crippen LogP contribution is -2.43. The smallest absolute Gasteiger partial charge is 0.243 e. The number of benzene rings is 3. The van der Waals surface area contributed by atoms with Crippen LogP contribution < -0.4 is 5.32 Å². The predicted octanol–water partition coefficient (Wildman–Crippen LogP) is 3.37. The topological polar surface area (TPSA) is 121 Å². The minimum absolute atomic E-state index is 0.143. The van der Waals surface area contributed by atoms with Gasteiger partial charge in [0.25, 0.3) is 0 Å². The van der Waals surface area contributed by atoms with Crippen LogP contribution in [0, 0.1) is 12.8 Å². The molecule has 0 bridgehead atoms. The van der Waals surface area contributed by atoms with Gasteiger partial charge in [-0.1, -0.05) is 42.5 Å². The summed E-state index contributed by atoms with van der Waals surface area (Å²) >= 11 is 0. The Hall–Kier alpha value is -3.63. The molecule has 5 rings (SSSR count). The Balaban J connectivity index is 1.34. The Labute approximate surface area is 197 Å². The summed E-state index contributed by atoms with van der Waals surface area (Å²) < 4.78 is 28.1. The third kappa shape index (κ3) is 4.29. The molecule has 1 unspecified atom stereocenters. The number of sulfonamides is 1. The van der Waals surface area contributed by atoms with Gasteiger partial charge in [-0.25, -0.2) is 8.42 Å². The van der Waals surface area contributed by atoms with E-state index in [1.807, 2.05) is 49.4 Å². The van der Waals surface area contributed by atoms with Crippen molar-refractivity contribution in [2.24, 2.45) is 5.92 Å². The Kier molecular flexibility index (Phi) is 5.84. The van der Waals surface area contributed by atoms with Crippen LogP contribution in [0.5, 0.6) is 0 Å². The number of piperidine rings is 1. The lowest BCUT2D eigenvalue weighted by Gasteiger charge is -2.31. The molecular formula is C24H24N6O3S. The number of fused-ring (bicyclic) bond motifs is 1. The zero-order valence-electron chi connectivity index (χ0n) is 18.6. The molecule has 1 fully saturated rings. The molecular weight excluding hydrogens is 452 g/mol. The normalized spacial score (nSPS) is 17.0. The van der Waals surface area contributed by atoms with Crippen molar-refractivity contribution in [1.82, 2.24) is 24.9 Å². The van der Waals surface area contributed by atoms with Crippen LogP contribution in [0.3, 0.4) is 0 Å². The Morgan fingerprint density at radius 1 is 1.09 bits per heavy atom. The fourth-order valence-electron chi connectivity index (χ4n) is 4.27. The van der Waals surface area contributed by atoms with E-state index in [0.717, 1.165) is 21.9 Å². The Morgan fingerprint density at radius 3 is 2.71 bits per heavy atom. The van der Waals surface area contributed by atoms with Crippen molar-refractivity contribution in [3.63, 3.8) is 0 Å². The molecule has 0 spiro atoms. The molecule has 1 aromatic heterocycles. The van der Waals surface area contributed by atoms with Crippen molar-refractivity contribution < 1.29 is 13.2 Å². The summed E-state index contributed by atoms with van der Waals surface area (Å²) in [6, 6.07) is 18.3. The standard InChI is InChI=1S/C24H24N6O3S/c1-16-8-9-19(23-26-28-29-27-23)14-22(16)25-24(31)20-7-4-12-30(15-20)34(32,33)21-11-10-17-5-2-3-6-18(17)13-21/h2-3,5-6,8-11,13-14,20H,4,7,12,15H2,1H3,(H,25,31)(H,26,27,28,29). The number of aromatic amines is 1. The maximum Gasteiger partial charge on any atom is 0.243 e. The van der Waals surface area contributed by atoms with E-state index >= 15 is 0 Å². The summed E-state index contributed by atoms with van der Waals surface area (Å²) in [4.78, 5) is 13.4. The molecule has 0 radical (unpaired) electrons. The summed E-state index contributed by atoms with van der Waals surface area (Å²) in [5.74, 6) is -0.218. The van der Waals surface area contributed by atoms with Gasteiger partial charge in [0.05, 0.1) is 10.8 Å². The number of hydrogen-bond donors (Lipinski definition) is 2. The number of nitrogens with one attached hydrogen (secondary N) is 2. The highest BCUT2D eigenvalue weighted by atomic mass is 32.2. The van der Waals surface area contributed by atoms with Crippen molar-refractivity contribution in [1.29, 1.82) is 0 Å². The van der Waals surface area contributed by atoms with E-state index in [1.165, 1.54) is 4.31 Å². The van der Waals surface area contributed by atoms with Crippen LogP contribution in [0.15, 0.2) is 65.6 Å². The van der Waals surface area contributed by atoms with Crippen LogP contribution in [0.25, 0.3) is 22.2 Å². The monoisotopic (exact) mass is 476 g/mol. The summed E-state index contributed by atoms with van der Waals surface area (Å²) in [5.41, 5.74) is 2.25. The predicted molar refractivity (Wildman–Crippen MR) is 128 cm³/mol. The molecule has 2 heterocycles. The zero-order valence-corrected chi connectivity index (χ0v) is 19.4. The van der Waals surface area contributed by atoms with Crippen LogP contribution in [-0.4, -0.2) is 52.3 Å². The van der Waals surface area contributed by atoms with Crippen LogP contribution in [-0.2, 0) is 14.8 Å². The molecule has 174 valence electrons. The third-order valence-corrected chi connectivity index (χ3v) is 8.07. The quantitative estimate of drug-likeness (QED) is 0.456. The number of hydrogen-bond acceptors (Lipinski definition) is 6. The summed E-state index contributed by atoms with van der Waals surface area (Å²) in [5, 5.41) is 18.8. The number of aromatic nitrogens is 4. The highest BCUT2D eigenvalue weighted by Gasteiger charge is 2.33. The first-order valence-corrected chi connectivity index (χ1v) is 12.5. The van der Waals surface area contributed by atoms with Crippen LogP contribution in [0.2, 0.25) is 0 Å². The molecule has 1 aliphatic rings. The molecule has 1 aliphatic heterocycles. The fourth-order valence-corrected chi connectivity index (χ4v) is 5.83. The summed E-state index contributed by atoms with van der Waals surface area (Å²) in [7, 11) is -3.71. The van der Waals surface area contributed by atoms with Gasteiger partial charge in [-0.05, 0) is 59.5 Å². The fraction of sp³-hybridized carbons (Fsp3) is 0.250. The molecule has 10 heteroatoms. The van der Waals surface area contributed by atoms with Crippen LogP contribution >= 0.6 is 0 Å². The van der Waals surface area contributed by atoms with Crippen LogP contribution in [0.4, 0.5) is 5.69 Å². The number of nitrogens with zero attached hydrogens (tertiary/aromatic N) is 4. The van der Waals surface area contributed by atoms with Gasteiger partial charge in [-0.15, -0.1) is 10.2 Å². The molecule has 3 aromatic carbocycles. The zero-order chi connectivity index (χ0) is 23.7. The molecule has 1 amide bonds. The third-order valence-electron chi connectivity index (χ3n) is 6.21. The number of tetrazole rings is 1. The first kappa shape index (κ1) is 22.2. The Morgan fingerprint density at radius 2 is 1.91 bits per heavy atom. The van der Waals surface area contributed by atoms with Gasteiger partial charge in [-0.2, -0.15) is 9.52 Å². The first-order valence-electron chi connectivity index (χ1n) is 11.1. The second-order valence-electron chi connectivity index (χ2n) is 8.47. The summed E-state index contributed by atoms with van der Waals surface area (Å²) in [6.07, 6.45) is 1.24. The molecule has 9 nitrogen and oxygen atoms in total. The molecule has 34 heavy (non-hydrogen) atoms. The average molecular weight is 477 g/mol. The number of rotatable bonds is 5. The SMILES string of the molecule is Cc1ccc(-c2nn[nH]n2)cc1NC(=O)C1CCCN(S(=O)(=O)c2ccc3ccccc3c2)C1. The molecule has 1 atom stereocenters. The maximum atomic E-state index is 13.4. The van der Waals surface area contributed by atoms with Crippen LogP contribution in [0.1, 0.15) is 18.4 Å². The highest BCUT2D eigenvalue weighted by Crippen LogP contribution is 2.28. The van der Waals surface area contributed by atoms with E-state index in [4.69, 9.17) is 0 Å². The molecule has 4 aromatic rings. The van der Waals surface area contributed by atoms with E-state index in [0.29, 0.717) is 30.9 Å². The number of amides is 1. The minimum Gasteiger partial charge on any atom is -0.326 e. The van der Waals surface area contributed by atoms with Crippen molar-refractivity contribution in [2.45, 2.75) is 24.7 Å². The number of anilines is 1. The van der Waals surface area contributed by atoms with Crippen molar-refractivity contribution in [3.05, 3.63) is 66.2 Å². The van der Waals surface area contributed by atoms with Gasteiger partial charge in [0.2, 0.25) is 21.8 Å².